The molecule has 0 saturated carbocycles. The number of H-pyrrole nitrogens is 2. The molecule has 0 amide bonds. The lowest BCUT2D eigenvalue weighted by Gasteiger charge is -1.99. The number of aromatic nitrogens is 7. The smallest absolute Gasteiger partial charge is 0.251 e. The summed E-state index contributed by atoms with van der Waals surface area (Å²) in [6, 6.07) is 1.41. The molecule has 0 aliphatic rings. The van der Waals surface area contributed by atoms with Crippen LogP contribution in [-0.4, -0.2) is 34.9 Å². The van der Waals surface area contributed by atoms with Crippen LogP contribution in [0.3, 0.4) is 0 Å². The molecule has 0 aromatic carbocycles. The SMILES string of the molecule is Cn1cc(-c2cc(=O)[nH]c(-c3ncn[nH]3)n2)cn1. The van der Waals surface area contributed by atoms with Gasteiger partial charge in [0, 0.05) is 24.9 Å². The van der Waals surface area contributed by atoms with E-state index < -0.39 is 0 Å². The molecule has 3 aromatic rings. The zero-order valence-electron chi connectivity index (χ0n) is 9.45. The Kier molecular flexibility index (Phi) is 2.26. The molecular weight excluding hydrogens is 234 g/mol. The first-order chi connectivity index (χ1) is 8.72. The number of hydrogen-bond acceptors (Lipinski definition) is 5. The Morgan fingerprint density at radius 1 is 1.33 bits per heavy atom. The second-order valence-electron chi connectivity index (χ2n) is 3.72. The molecule has 90 valence electrons. The van der Waals surface area contributed by atoms with Crippen molar-refractivity contribution in [2.75, 3.05) is 0 Å². The van der Waals surface area contributed by atoms with Crippen LogP contribution in [0.5, 0.6) is 0 Å². The molecule has 3 rings (SSSR count). The van der Waals surface area contributed by atoms with Crippen LogP contribution >= 0.6 is 0 Å². The first-order valence-corrected chi connectivity index (χ1v) is 5.18. The maximum atomic E-state index is 11.6. The Bertz CT molecular complexity index is 725. The molecular formula is C10H9N7O. The van der Waals surface area contributed by atoms with Crippen LogP contribution in [0.4, 0.5) is 0 Å². The summed E-state index contributed by atoms with van der Waals surface area (Å²) in [5.41, 5.74) is 1.05. The summed E-state index contributed by atoms with van der Waals surface area (Å²) in [6.07, 6.45) is 4.78. The van der Waals surface area contributed by atoms with Gasteiger partial charge in [-0.05, 0) is 0 Å². The number of rotatable bonds is 2. The predicted octanol–water partition coefficient (Wildman–Crippen LogP) is -0.0445. The first kappa shape index (κ1) is 10.4. The van der Waals surface area contributed by atoms with Crippen LogP contribution < -0.4 is 5.56 Å². The van der Waals surface area contributed by atoms with E-state index in [9.17, 15) is 4.79 Å². The zero-order chi connectivity index (χ0) is 12.5. The summed E-state index contributed by atoms with van der Waals surface area (Å²) in [7, 11) is 1.80. The van der Waals surface area contributed by atoms with Crippen LogP contribution in [0.15, 0.2) is 29.6 Å². The molecule has 8 heteroatoms. The molecule has 0 saturated heterocycles. The van der Waals surface area contributed by atoms with Gasteiger partial charge in [-0.15, -0.1) is 0 Å². The largest absolute Gasteiger partial charge is 0.304 e. The number of nitrogens with one attached hydrogen (secondary N) is 2. The normalized spacial score (nSPS) is 10.7. The van der Waals surface area contributed by atoms with Gasteiger partial charge in [-0.1, -0.05) is 0 Å². The predicted molar refractivity (Wildman–Crippen MR) is 62.4 cm³/mol. The Morgan fingerprint density at radius 2 is 2.22 bits per heavy atom. The fourth-order valence-electron chi connectivity index (χ4n) is 1.59. The Hall–Kier alpha value is -2.77. The average molecular weight is 243 g/mol. The van der Waals surface area contributed by atoms with Gasteiger partial charge < -0.3 is 4.98 Å². The van der Waals surface area contributed by atoms with E-state index in [0.717, 1.165) is 5.56 Å². The van der Waals surface area contributed by atoms with Crippen LogP contribution in [0.25, 0.3) is 22.9 Å². The van der Waals surface area contributed by atoms with Crippen LogP contribution in [-0.2, 0) is 7.05 Å². The fourth-order valence-corrected chi connectivity index (χ4v) is 1.59. The number of aryl methyl sites for hydroxylation is 1. The number of aromatic amines is 2. The van der Waals surface area contributed by atoms with Gasteiger partial charge in [0.2, 0.25) is 0 Å². The van der Waals surface area contributed by atoms with Crippen LogP contribution in [0, 0.1) is 0 Å². The molecule has 2 N–H and O–H groups in total. The van der Waals surface area contributed by atoms with E-state index in [0.29, 0.717) is 17.3 Å². The maximum absolute atomic E-state index is 11.6. The highest BCUT2D eigenvalue weighted by molar-refractivity contribution is 5.59. The molecule has 8 nitrogen and oxygen atoms in total. The molecule has 0 spiro atoms. The summed E-state index contributed by atoms with van der Waals surface area (Å²) in [4.78, 5) is 22.5. The molecule has 0 fully saturated rings. The lowest BCUT2D eigenvalue weighted by atomic mass is 10.2. The quantitative estimate of drug-likeness (QED) is 0.656. The van der Waals surface area contributed by atoms with E-state index in [1.165, 1.54) is 12.4 Å². The van der Waals surface area contributed by atoms with Gasteiger partial charge in [0.25, 0.3) is 5.56 Å². The summed E-state index contributed by atoms with van der Waals surface area (Å²) in [5, 5.41) is 10.4. The van der Waals surface area contributed by atoms with Gasteiger partial charge in [-0.2, -0.15) is 10.2 Å². The summed E-state index contributed by atoms with van der Waals surface area (Å²) in [6.45, 7) is 0. The minimum Gasteiger partial charge on any atom is -0.304 e. The number of hydrogen-bond donors (Lipinski definition) is 2. The molecule has 0 bridgehead atoms. The van der Waals surface area contributed by atoms with Crippen LogP contribution in [0.2, 0.25) is 0 Å². The van der Waals surface area contributed by atoms with Gasteiger partial charge in [-0.3, -0.25) is 14.6 Å². The van der Waals surface area contributed by atoms with Gasteiger partial charge in [0.1, 0.15) is 6.33 Å². The molecule has 18 heavy (non-hydrogen) atoms. The van der Waals surface area contributed by atoms with E-state index in [2.05, 4.69) is 30.2 Å². The van der Waals surface area contributed by atoms with Crippen molar-refractivity contribution < 1.29 is 0 Å². The van der Waals surface area contributed by atoms with Crippen LogP contribution in [0.1, 0.15) is 0 Å². The van der Waals surface area contributed by atoms with E-state index in [4.69, 9.17) is 0 Å². The first-order valence-electron chi connectivity index (χ1n) is 5.18. The van der Waals surface area contributed by atoms with Gasteiger partial charge in [0.15, 0.2) is 11.6 Å². The topological polar surface area (TPSA) is 105 Å². The van der Waals surface area contributed by atoms with Crippen molar-refractivity contribution >= 4 is 0 Å². The fraction of sp³-hybridized carbons (Fsp3) is 0.100. The van der Waals surface area contributed by atoms with Crippen molar-refractivity contribution in [3.8, 4) is 22.9 Å². The summed E-state index contributed by atoms with van der Waals surface area (Å²) < 4.78 is 1.65. The van der Waals surface area contributed by atoms with Crippen molar-refractivity contribution in [3.63, 3.8) is 0 Å². The van der Waals surface area contributed by atoms with E-state index >= 15 is 0 Å². The molecule has 3 heterocycles. The van der Waals surface area contributed by atoms with E-state index in [1.807, 2.05) is 0 Å². The van der Waals surface area contributed by atoms with Crippen molar-refractivity contribution in [3.05, 3.63) is 35.1 Å². The summed E-state index contributed by atoms with van der Waals surface area (Å²) in [5.74, 6) is 0.761. The average Bonchev–Trinajstić information content (AvgIpc) is 2.98. The van der Waals surface area contributed by atoms with Crippen molar-refractivity contribution in [1.82, 2.24) is 34.9 Å². The second kappa shape index (κ2) is 3.91. The van der Waals surface area contributed by atoms with Gasteiger partial charge in [0.05, 0.1) is 11.9 Å². The lowest BCUT2D eigenvalue weighted by molar-refractivity contribution is 0.768. The van der Waals surface area contributed by atoms with E-state index in [-0.39, 0.29) is 5.56 Å². The molecule has 0 aliphatic carbocycles. The standard InChI is InChI=1S/C10H9N7O/c1-17-4-6(3-13-17)7-2-8(18)15-10(14-7)9-11-5-12-16-9/h2-5H,1H3,(H,11,12,16)(H,14,15,18). The highest BCUT2D eigenvalue weighted by Crippen LogP contribution is 2.15. The third-order valence-electron chi connectivity index (χ3n) is 2.38. The minimum absolute atomic E-state index is 0.254. The van der Waals surface area contributed by atoms with Gasteiger partial charge in [-0.25, -0.2) is 9.97 Å². The summed E-state index contributed by atoms with van der Waals surface area (Å²) >= 11 is 0. The molecule has 0 unspecified atom stereocenters. The zero-order valence-corrected chi connectivity index (χ0v) is 9.45. The van der Waals surface area contributed by atoms with E-state index in [1.54, 1.807) is 24.1 Å². The third-order valence-corrected chi connectivity index (χ3v) is 2.38. The second-order valence-corrected chi connectivity index (χ2v) is 3.72. The molecule has 3 aromatic heterocycles. The van der Waals surface area contributed by atoms with Gasteiger partial charge >= 0.3 is 0 Å². The number of nitrogens with zero attached hydrogens (tertiary/aromatic N) is 5. The monoisotopic (exact) mass is 243 g/mol. The lowest BCUT2D eigenvalue weighted by Crippen LogP contribution is -2.09. The maximum Gasteiger partial charge on any atom is 0.251 e. The molecule has 0 radical (unpaired) electrons. The molecule has 0 aliphatic heterocycles. The van der Waals surface area contributed by atoms with Crippen molar-refractivity contribution in [1.29, 1.82) is 0 Å². The van der Waals surface area contributed by atoms with Crippen molar-refractivity contribution in [2.24, 2.45) is 7.05 Å². The Labute approximate surface area is 101 Å². The third kappa shape index (κ3) is 1.79. The van der Waals surface area contributed by atoms with Crippen molar-refractivity contribution in [2.45, 2.75) is 0 Å². The molecule has 0 atom stereocenters. The Morgan fingerprint density at radius 3 is 2.89 bits per heavy atom. The Balaban J connectivity index is 2.15. The minimum atomic E-state index is -0.254. The highest BCUT2D eigenvalue weighted by atomic mass is 16.1. The highest BCUT2D eigenvalue weighted by Gasteiger charge is 2.09.